The van der Waals surface area contributed by atoms with Gasteiger partial charge in [-0.3, -0.25) is 0 Å². The van der Waals surface area contributed by atoms with Crippen molar-refractivity contribution >= 4 is 22.7 Å². The van der Waals surface area contributed by atoms with Crippen LogP contribution in [0.25, 0.3) is 0 Å². The summed E-state index contributed by atoms with van der Waals surface area (Å²) in [7, 11) is 0. The van der Waals surface area contributed by atoms with Gasteiger partial charge in [-0.2, -0.15) is 26.3 Å². The van der Waals surface area contributed by atoms with E-state index in [1.807, 2.05) is 48.9 Å². The van der Waals surface area contributed by atoms with Crippen LogP contribution in [0.15, 0.2) is 114 Å². The van der Waals surface area contributed by atoms with Gasteiger partial charge in [-0.25, -0.2) is 9.59 Å². The molecule has 2 aliphatic carbocycles. The van der Waals surface area contributed by atoms with Crippen LogP contribution in [-0.4, -0.2) is 10.2 Å². The van der Waals surface area contributed by atoms with Crippen LogP contribution in [0.2, 0.25) is 0 Å². The van der Waals surface area contributed by atoms with Crippen molar-refractivity contribution in [2.24, 2.45) is 11.8 Å². The van der Waals surface area contributed by atoms with Gasteiger partial charge in [-0.1, -0.05) is 75.9 Å². The van der Waals surface area contributed by atoms with Crippen LogP contribution in [0.1, 0.15) is 144 Å². The molecule has 2 fully saturated rings. The van der Waals surface area contributed by atoms with Crippen molar-refractivity contribution < 1.29 is 45.4 Å². The fourth-order valence-corrected chi connectivity index (χ4v) is 10.3. The Morgan fingerprint density at radius 1 is 0.594 bits per heavy atom. The lowest BCUT2D eigenvalue weighted by atomic mass is 9.89. The van der Waals surface area contributed by atoms with Gasteiger partial charge in [0.1, 0.15) is 23.0 Å². The summed E-state index contributed by atoms with van der Waals surface area (Å²) >= 11 is 3.06. The zero-order valence-corrected chi connectivity index (χ0v) is 37.0. The minimum atomic E-state index is -4.38. The molecule has 14 heteroatoms. The Hall–Kier alpha value is -5.08. The molecule has 0 aliphatic heterocycles. The number of thiophene rings is 2. The Kier molecular flexibility index (Phi) is 14.6. The van der Waals surface area contributed by atoms with E-state index in [1.165, 1.54) is 59.1 Å². The Bertz CT molecular complexity index is 2370. The Morgan fingerprint density at radius 3 is 1.22 bits per heavy atom. The van der Waals surface area contributed by atoms with E-state index in [4.69, 9.17) is 8.83 Å². The molecule has 0 spiro atoms. The average molecular weight is 925 g/mol. The molecule has 4 heterocycles. The third-order valence-corrected chi connectivity index (χ3v) is 14.2. The molecule has 2 aromatic carbocycles. The van der Waals surface area contributed by atoms with Gasteiger partial charge in [0.2, 0.25) is 0 Å². The van der Waals surface area contributed by atoms with Gasteiger partial charge in [0.15, 0.2) is 0 Å². The summed E-state index contributed by atoms with van der Waals surface area (Å²) in [6.07, 6.45) is -0.668. The molecule has 8 rings (SSSR count). The smallest absolute Gasteiger partial charge is 0.416 e. The molecule has 6 nitrogen and oxygen atoms in total. The predicted octanol–water partition coefficient (Wildman–Crippen LogP) is 14.2. The van der Waals surface area contributed by atoms with Crippen LogP contribution >= 0.6 is 22.7 Å². The van der Waals surface area contributed by atoms with Crippen molar-refractivity contribution in [2.75, 3.05) is 0 Å². The summed E-state index contributed by atoms with van der Waals surface area (Å²) in [4.78, 5) is 27.8. The highest BCUT2D eigenvalue weighted by atomic mass is 32.1. The lowest BCUT2D eigenvalue weighted by molar-refractivity contribution is -0.138. The van der Waals surface area contributed by atoms with Gasteiger partial charge in [-0.15, -0.1) is 22.7 Å². The van der Waals surface area contributed by atoms with E-state index in [-0.39, 0.29) is 46.3 Å². The molecule has 2 N–H and O–H groups in total. The van der Waals surface area contributed by atoms with Crippen molar-refractivity contribution in [3.05, 3.63) is 171 Å². The van der Waals surface area contributed by atoms with E-state index in [9.17, 15) is 46.1 Å². The second-order valence-electron chi connectivity index (χ2n) is 17.0. The van der Waals surface area contributed by atoms with Crippen molar-refractivity contribution in [1.82, 2.24) is 0 Å². The highest BCUT2D eigenvalue weighted by Gasteiger charge is 2.34. The van der Waals surface area contributed by atoms with Gasteiger partial charge < -0.3 is 19.0 Å². The molecule has 0 bridgehead atoms. The van der Waals surface area contributed by atoms with Gasteiger partial charge >= 0.3 is 23.6 Å². The first-order valence-electron chi connectivity index (χ1n) is 21.6. The quantitative estimate of drug-likeness (QED) is 0.0938. The summed E-state index contributed by atoms with van der Waals surface area (Å²) < 4.78 is 88.7. The van der Waals surface area contributed by atoms with Gasteiger partial charge in [0.25, 0.3) is 0 Å². The molecule has 340 valence electrons. The maximum Gasteiger partial charge on any atom is 0.416 e. The summed E-state index contributed by atoms with van der Waals surface area (Å²) in [5, 5.41) is 25.4. The molecule has 4 unspecified atom stereocenters. The predicted molar refractivity (Wildman–Crippen MR) is 237 cm³/mol. The molecule has 64 heavy (non-hydrogen) atoms. The Morgan fingerprint density at radius 2 is 0.953 bits per heavy atom. The fraction of sp³-hybridized carbons (Fsp3) is 0.400. The van der Waals surface area contributed by atoms with Crippen LogP contribution in [0.5, 0.6) is 11.5 Å². The van der Waals surface area contributed by atoms with E-state index in [0.29, 0.717) is 49.0 Å². The second kappa shape index (κ2) is 20.0. The molecular formula is C50H50F6O6S2. The molecule has 4 aromatic heterocycles. The van der Waals surface area contributed by atoms with Crippen LogP contribution in [0.3, 0.4) is 0 Å². The lowest BCUT2D eigenvalue weighted by Crippen LogP contribution is -2.16. The van der Waals surface area contributed by atoms with Gasteiger partial charge in [-0.05, 0) is 109 Å². The summed E-state index contributed by atoms with van der Waals surface area (Å²) in [5.74, 6) is 0.798. The minimum Gasteiger partial charge on any atom is -0.507 e. The first-order valence-corrected chi connectivity index (χ1v) is 23.4. The minimum absolute atomic E-state index is 0.0790. The molecular weight excluding hydrogens is 875 g/mol. The van der Waals surface area contributed by atoms with E-state index in [2.05, 4.69) is 0 Å². The maximum atomic E-state index is 12.9. The molecule has 6 aromatic rings. The van der Waals surface area contributed by atoms with E-state index < -0.39 is 34.7 Å². The second-order valence-corrected chi connectivity index (χ2v) is 18.9. The number of rotatable bonds is 16. The normalized spacial score (nSPS) is 16.1. The molecule has 2 aliphatic rings. The van der Waals surface area contributed by atoms with Gasteiger partial charge in [0, 0.05) is 45.6 Å². The average Bonchev–Trinajstić information content (AvgIpc) is 4.12. The van der Waals surface area contributed by atoms with E-state index in [1.54, 1.807) is 0 Å². The first kappa shape index (κ1) is 46.9. The monoisotopic (exact) mass is 924 g/mol. The number of hydrogen-bond donors (Lipinski definition) is 2. The SMILES string of the molecule is CCC(c1cccs1)c1c(O)cc(C(Cc2ccc(C(F)(F)F)cc2)CC2CC2)oc1=O.CCC(c1cccs1)c1c(O)cc(C(Cc2ccc(C(F)(F)F)cc2)CC2CC2)oc1=O. The molecule has 4 atom stereocenters. The largest absolute Gasteiger partial charge is 0.507 e. The summed E-state index contributed by atoms with van der Waals surface area (Å²) in [6.45, 7) is 3.91. The van der Waals surface area contributed by atoms with Crippen LogP contribution < -0.4 is 11.3 Å². The third kappa shape index (κ3) is 11.8. The summed E-state index contributed by atoms with van der Waals surface area (Å²) in [5.41, 5.74) is -0.473. The van der Waals surface area contributed by atoms with Crippen molar-refractivity contribution in [3.63, 3.8) is 0 Å². The number of benzene rings is 2. The number of halogens is 6. The highest BCUT2D eigenvalue weighted by molar-refractivity contribution is 7.10. The maximum absolute atomic E-state index is 12.9. The molecule has 0 amide bonds. The third-order valence-electron chi connectivity index (χ3n) is 12.2. The van der Waals surface area contributed by atoms with Crippen LogP contribution in [0, 0.1) is 11.8 Å². The van der Waals surface area contributed by atoms with Crippen molar-refractivity contribution in [2.45, 2.75) is 114 Å². The molecule has 0 saturated heterocycles. The van der Waals surface area contributed by atoms with E-state index in [0.717, 1.165) is 83.7 Å². The van der Waals surface area contributed by atoms with Crippen molar-refractivity contribution in [3.8, 4) is 11.5 Å². The first-order chi connectivity index (χ1) is 30.5. The van der Waals surface area contributed by atoms with E-state index >= 15 is 0 Å². The Labute approximate surface area is 375 Å². The van der Waals surface area contributed by atoms with Crippen LogP contribution in [0.4, 0.5) is 26.3 Å². The molecule has 2 saturated carbocycles. The number of alkyl halides is 6. The zero-order valence-electron chi connectivity index (χ0n) is 35.4. The number of aromatic hydroxyl groups is 2. The van der Waals surface area contributed by atoms with Crippen molar-refractivity contribution in [1.29, 1.82) is 0 Å². The zero-order chi connectivity index (χ0) is 45.8. The highest BCUT2D eigenvalue weighted by Crippen LogP contribution is 2.44. The van der Waals surface area contributed by atoms with Gasteiger partial charge in [0.05, 0.1) is 22.3 Å². The number of hydrogen-bond acceptors (Lipinski definition) is 8. The Balaban J connectivity index is 0.000000191. The topological polar surface area (TPSA) is 101 Å². The molecule has 0 radical (unpaired) electrons. The lowest BCUT2D eigenvalue weighted by Gasteiger charge is -2.19. The standard InChI is InChI=1S/2C25H25F3O3S/c2*1-2-19(22-4-3-11-32-22)23-20(29)14-21(31-24(23)30)17(12-15-5-6-15)13-16-7-9-18(10-8-16)25(26,27)28/h2*3-4,7-11,14-15,17,19,29H,2,5-6,12-13H2,1H3. The fourth-order valence-electron chi connectivity index (χ4n) is 8.48. The summed E-state index contributed by atoms with van der Waals surface area (Å²) in [6, 6.07) is 20.9. The van der Waals surface area contributed by atoms with Crippen LogP contribution in [-0.2, 0) is 25.2 Å².